The number of hydrogen-bond donors (Lipinski definition) is 4. The quantitative estimate of drug-likeness (QED) is 0.623. The second kappa shape index (κ2) is 7.22. The molecule has 1 atom stereocenters. The third-order valence-electron chi connectivity index (χ3n) is 2.72. The fraction of sp³-hybridized carbons (Fsp3) is 0.385. The molecule has 0 fully saturated rings. The van der Waals surface area contributed by atoms with E-state index in [4.69, 9.17) is 10.2 Å². The van der Waals surface area contributed by atoms with E-state index in [-0.39, 0.29) is 12.8 Å². The Labute approximate surface area is 121 Å². The van der Waals surface area contributed by atoms with E-state index in [1.807, 2.05) is 6.92 Å². The second-order valence-electron chi connectivity index (χ2n) is 4.51. The summed E-state index contributed by atoms with van der Waals surface area (Å²) in [6.07, 6.45) is -0.536. The lowest BCUT2D eigenvalue weighted by atomic mass is 10.1. The van der Waals surface area contributed by atoms with Crippen LogP contribution >= 0.6 is 0 Å². The summed E-state index contributed by atoms with van der Waals surface area (Å²) in [5.74, 6) is -2.41. The molecule has 0 radical (unpaired) electrons. The molecule has 8 heteroatoms. The van der Waals surface area contributed by atoms with Crippen LogP contribution in [-0.2, 0) is 9.59 Å². The van der Waals surface area contributed by atoms with Crippen LogP contribution in [0.3, 0.4) is 0 Å². The summed E-state index contributed by atoms with van der Waals surface area (Å²) in [5, 5.41) is 22.2. The highest BCUT2D eigenvalue weighted by Gasteiger charge is 2.21. The first-order chi connectivity index (χ1) is 9.79. The van der Waals surface area contributed by atoms with Crippen LogP contribution in [0.1, 0.15) is 24.2 Å². The number of nitrogens with zero attached hydrogens (tertiary/aromatic N) is 1. The second-order valence-corrected chi connectivity index (χ2v) is 4.51. The van der Waals surface area contributed by atoms with Crippen LogP contribution in [0, 0.1) is 13.8 Å². The van der Waals surface area contributed by atoms with Crippen LogP contribution in [0.25, 0.3) is 0 Å². The lowest BCUT2D eigenvalue weighted by Crippen LogP contribution is -2.43. The Balaban J connectivity index is 2.65. The zero-order valence-electron chi connectivity index (χ0n) is 11.7. The topological polar surface area (TPSA) is 129 Å². The number of anilines is 1. The number of rotatable bonds is 6. The maximum Gasteiger partial charge on any atom is 0.326 e. The Morgan fingerprint density at radius 3 is 2.43 bits per heavy atom. The van der Waals surface area contributed by atoms with E-state index in [0.29, 0.717) is 11.4 Å². The number of amides is 2. The van der Waals surface area contributed by atoms with E-state index >= 15 is 0 Å². The van der Waals surface area contributed by atoms with Gasteiger partial charge in [0.1, 0.15) is 6.04 Å². The number of nitrogens with one attached hydrogen (secondary N) is 2. The van der Waals surface area contributed by atoms with Gasteiger partial charge >= 0.3 is 18.0 Å². The molecular weight excluding hydrogens is 278 g/mol. The zero-order chi connectivity index (χ0) is 16.0. The molecule has 0 bridgehead atoms. The molecule has 8 nitrogen and oxygen atoms in total. The molecule has 0 aliphatic heterocycles. The van der Waals surface area contributed by atoms with Crippen LogP contribution in [-0.4, -0.2) is 39.2 Å². The predicted molar refractivity (Wildman–Crippen MR) is 74.2 cm³/mol. The molecule has 2 amide bonds. The van der Waals surface area contributed by atoms with Gasteiger partial charge in [0, 0.05) is 12.1 Å². The molecule has 1 unspecified atom stereocenters. The number of carboxylic acid groups (broad SMARTS) is 2. The van der Waals surface area contributed by atoms with Crippen molar-refractivity contribution in [3.63, 3.8) is 0 Å². The molecule has 114 valence electrons. The van der Waals surface area contributed by atoms with Gasteiger partial charge in [0.05, 0.1) is 11.4 Å². The molecule has 1 heterocycles. The Morgan fingerprint density at radius 1 is 1.24 bits per heavy atom. The number of carbonyl (C=O) groups excluding carboxylic acids is 1. The first-order valence-electron chi connectivity index (χ1n) is 6.26. The van der Waals surface area contributed by atoms with Crippen molar-refractivity contribution < 1.29 is 24.6 Å². The monoisotopic (exact) mass is 295 g/mol. The molecule has 1 aromatic heterocycles. The van der Waals surface area contributed by atoms with Crippen molar-refractivity contribution >= 4 is 23.7 Å². The van der Waals surface area contributed by atoms with Crippen LogP contribution in [0.4, 0.5) is 10.5 Å². The van der Waals surface area contributed by atoms with Crippen molar-refractivity contribution in [3.8, 4) is 0 Å². The Hall–Kier alpha value is -2.64. The Morgan fingerprint density at radius 2 is 1.90 bits per heavy atom. The number of pyridine rings is 1. The third-order valence-corrected chi connectivity index (χ3v) is 2.72. The minimum Gasteiger partial charge on any atom is -0.481 e. The van der Waals surface area contributed by atoms with Gasteiger partial charge in [0.25, 0.3) is 0 Å². The Kier molecular flexibility index (Phi) is 5.65. The van der Waals surface area contributed by atoms with Crippen LogP contribution in [0.15, 0.2) is 12.1 Å². The van der Waals surface area contributed by atoms with E-state index in [2.05, 4.69) is 15.6 Å². The average molecular weight is 295 g/mol. The molecule has 21 heavy (non-hydrogen) atoms. The van der Waals surface area contributed by atoms with Gasteiger partial charge in [-0.15, -0.1) is 0 Å². The molecular formula is C13H17N3O5. The van der Waals surface area contributed by atoms with Crippen LogP contribution in [0.5, 0.6) is 0 Å². The van der Waals surface area contributed by atoms with Gasteiger partial charge in [0.15, 0.2) is 0 Å². The SMILES string of the molecule is Cc1ccc(NC(=O)NC(CCC(=O)O)C(=O)O)c(C)n1. The summed E-state index contributed by atoms with van der Waals surface area (Å²) >= 11 is 0. The molecule has 4 N–H and O–H groups in total. The van der Waals surface area contributed by atoms with E-state index in [9.17, 15) is 14.4 Å². The minimum atomic E-state index is -1.29. The van der Waals surface area contributed by atoms with Crippen LogP contribution in [0.2, 0.25) is 0 Å². The first-order valence-corrected chi connectivity index (χ1v) is 6.26. The number of hydrogen-bond acceptors (Lipinski definition) is 4. The van der Waals surface area contributed by atoms with Crippen LogP contribution < -0.4 is 10.6 Å². The highest BCUT2D eigenvalue weighted by Crippen LogP contribution is 2.12. The minimum absolute atomic E-state index is 0.191. The lowest BCUT2D eigenvalue weighted by molar-refractivity contribution is -0.140. The highest BCUT2D eigenvalue weighted by molar-refractivity contribution is 5.92. The summed E-state index contributed by atoms with van der Waals surface area (Å²) in [7, 11) is 0. The van der Waals surface area contributed by atoms with Gasteiger partial charge < -0.3 is 20.8 Å². The average Bonchev–Trinajstić information content (AvgIpc) is 2.37. The van der Waals surface area contributed by atoms with Gasteiger partial charge in [-0.2, -0.15) is 0 Å². The number of aliphatic carboxylic acids is 2. The fourth-order valence-corrected chi connectivity index (χ4v) is 1.66. The number of urea groups is 1. The molecule has 0 saturated heterocycles. The van der Waals surface area contributed by atoms with Crippen molar-refractivity contribution in [1.29, 1.82) is 0 Å². The summed E-state index contributed by atoms with van der Waals surface area (Å²) in [4.78, 5) is 37.3. The normalized spacial score (nSPS) is 11.5. The van der Waals surface area contributed by atoms with Crippen molar-refractivity contribution in [1.82, 2.24) is 10.3 Å². The van der Waals surface area contributed by atoms with Crippen molar-refractivity contribution in [2.75, 3.05) is 5.32 Å². The van der Waals surface area contributed by atoms with Crippen molar-refractivity contribution in [2.24, 2.45) is 0 Å². The van der Waals surface area contributed by atoms with E-state index in [1.165, 1.54) is 0 Å². The van der Waals surface area contributed by atoms with Crippen molar-refractivity contribution in [3.05, 3.63) is 23.5 Å². The van der Waals surface area contributed by atoms with E-state index in [0.717, 1.165) is 5.69 Å². The Bertz CT molecular complexity index is 559. The van der Waals surface area contributed by atoms with Gasteiger partial charge in [-0.1, -0.05) is 0 Å². The largest absolute Gasteiger partial charge is 0.481 e. The molecule has 1 aromatic rings. The number of aromatic nitrogens is 1. The fourth-order valence-electron chi connectivity index (χ4n) is 1.66. The smallest absolute Gasteiger partial charge is 0.326 e. The summed E-state index contributed by atoms with van der Waals surface area (Å²) in [6.45, 7) is 3.52. The van der Waals surface area contributed by atoms with Gasteiger partial charge in [-0.05, 0) is 32.4 Å². The summed E-state index contributed by atoms with van der Waals surface area (Å²) in [5.41, 5.74) is 1.85. The molecule has 0 spiro atoms. The molecule has 0 aliphatic carbocycles. The van der Waals surface area contributed by atoms with Crippen molar-refractivity contribution in [2.45, 2.75) is 32.7 Å². The van der Waals surface area contributed by atoms with E-state index < -0.39 is 24.0 Å². The number of carbonyl (C=O) groups is 3. The molecule has 0 aromatic carbocycles. The molecule has 0 aliphatic rings. The maximum absolute atomic E-state index is 11.7. The number of carboxylic acids is 2. The zero-order valence-corrected chi connectivity index (χ0v) is 11.7. The lowest BCUT2D eigenvalue weighted by Gasteiger charge is -2.15. The summed E-state index contributed by atoms with van der Waals surface area (Å²) in [6, 6.07) is 1.38. The standard InChI is InChI=1S/C13H17N3O5/c1-7-3-4-9(8(2)14-7)15-13(21)16-10(12(19)20)5-6-11(17)18/h3-4,10H,5-6H2,1-2H3,(H,17,18)(H,19,20)(H2,15,16,21). The molecule has 1 rings (SSSR count). The third kappa shape index (κ3) is 5.47. The van der Waals surface area contributed by atoms with Gasteiger partial charge in [0.2, 0.25) is 0 Å². The van der Waals surface area contributed by atoms with Gasteiger partial charge in [-0.25, -0.2) is 9.59 Å². The predicted octanol–water partition coefficient (Wildman–Crippen LogP) is 1.14. The summed E-state index contributed by atoms with van der Waals surface area (Å²) < 4.78 is 0. The number of aryl methyl sites for hydroxylation is 2. The molecule has 0 saturated carbocycles. The van der Waals surface area contributed by atoms with Gasteiger partial charge in [-0.3, -0.25) is 9.78 Å². The maximum atomic E-state index is 11.7. The van der Waals surface area contributed by atoms with E-state index in [1.54, 1.807) is 19.1 Å². The highest BCUT2D eigenvalue weighted by atomic mass is 16.4. The first kappa shape index (κ1) is 16.4.